The Labute approximate surface area is 130 Å². The molecule has 0 heterocycles. The number of nitrogens with one attached hydrogen (secondary N) is 1. The molecule has 0 bridgehead atoms. The monoisotopic (exact) mass is 315 g/mol. The van der Waals surface area contributed by atoms with E-state index in [-0.39, 0.29) is 17.9 Å². The summed E-state index contributed by atoms with van der Waals surface area (Å²) in [5, 5.41) is 13.0. The molecule has 1 rings (SSSR count). The molecule has 0 radical (unpaired) electrons. The summed E-state index contributed by atoms with van der Waals surface area (Å²) < 4.78 is 0. The Kier molecular flexibility index (Phi) is 7.41. The van der Waals surface area contributed by atoms with Crippen molar-refractivity contribution in [1.29, 1.82) is 0 Å². The number of aliphatic hydroxyl groups excluding tert-OH is 1. The molecule has 1 aromatic rings. The van der Waals surface area contributed by atoms with Gasteiger partial charge in [0, 0.05) is 16.9 Å². The molecule has 0 spiro atoms. The maximum absolute atomic E-state index is 11.9. The minimum absolute atomic E-state index is 0.0327. The van der Waals surface area contributed by atoms with E-state index in [1.54, 1.807) is 0 Å². The van der Waals surface area contributed by atoms with E-state index in [0.29, 0.717) is 17.3 Å². The Bertz CT molecular complexity index is 427. The SMILES string of the molecule is CCC(CC)(CO)CNC(=O)CSc1ccccc1Cl. The van der Waals surface area contributed by atoms with Crippen molar-refractivity contribution >= 4 is 29.3 Å². The van der Waals surface area contributed by atoms with Crippen LogP contribution in [0.2, 0.25) is 5.02 Å². The summed E-state index contributed by atoms with van der Waals surface area (Å²) in [6, 6.07) is 7.48. The number of benzene rings is 1. The summed E-state index contributed by atoms with van der Waals surface area (Å²) in [6.07, 6.45) is 1.69. The van der Waals surface area contributed by atoms with Crippen molar-refractivity contribution in [2.75, 3.05) is 18.9 Å². The van der Waals surface area contributed by atoms with Gasteiger partial charge in [0.2, 0.25) is 5.91 Å². The second kappa shape index (κ2) is 8.55. The maximum Gasteiger partial charge on any atom is 0.230 e. The predicted molar refractivity (Wildman–Crippen MR) is 85.3 cm³/mol. The van der Waals surface area contributed by atoms with Crippen LogP contribution in [-0.2, 0) is 4.79 Å². The standard InChI is InChI=1S/C15H22ClNO2S/c1-3-15(4-2,11-18)10-17-14(19)9-20-13-8-6-5-7-12(13)16/h5-8,18H,3-4,9-11H2,1-2H3,(H,17,19). The lowest BCUT2D eigenvalue weighted by molar-refractivity contribution is -0.119. The molecule has 1 amide bonds. The molecule has 112 valence electrons. The summed E-state index contributed by atoms with van der Waals surface area (Å²) in [7, 11) is 0. The van der Waals surface area contributed by atoms with Crippen molar-refractivity contribution in [3.63, 3.8) is 0 Å². The fourth-order valence-corrected chi connectivity index (χ4v) is 2.89. The molecule has 3 nitrogen and oxygen atoms in total. The van der Waals surface area contributed by atoms with Crippen molar-refractivity contribution in [1.82, 2.24) is 5.32 Å². The highest BCUT2D eigenvalue weighted by atomic mass is 35.5. The average molecular weight is 316 g/mol. The maximum atomic E-state index is 11.9. The van der Waals surface area contributed by atoms with E-state index in [9.17, 15) is 9.90 Å². The highest BCUT2D eigenvalue weighted by molar-refractivity contribution is 8.00. The third-order valence-corrected chi connectivity index (χ3v) is 5.21. The van der Waals surface area contributed by atoms with Gasteiger partial charge in [-0.05, 0) is 25.0 Å². The third-order valence-electron chi connectivity index (χ3n) is 3.69. The summed E-state index contributed by atoms with van der Waals surface area (Å²) in [5.41, 5.74) is -0.204. The van der Waals surface area contributed by atoms with Crippen LogP contribution in [0.3, 0.4) is 0 Å². The minimum atomic E-state index is -0.204. The van der Waals surface area contributed by atoms with Crippen molar-refractivity contribution in [3.8, 4) is 0 Å². The van der Waals surface area contributed by atoms with Crippen LogP contribution in [0.5, 0.6) is 0 Å². The van der Waals surface area contributed by atoms with Crippen molar-refractivity contribution in [2.45, 2.75) is 31.6 Å². The van der Waals surface area contributed by atoms with Crippen molar-refractivity contribution in [3.05, 3.63) is 29.3 Å². The number of halogens is 1. The molecule has 20 heavy (non-hydrogen) atoms. The molecule has 0 aromatic heterocycles. The number of aliphatic hydroxyl groups is 1. The van der Waals surface area contributed by atoms with Gasteiger partial charge in [0.1, 0.15) is 0 Å². The number of rotatable bonds is 8. The van der Waals surface area contributed by atoms with Gasteiger partial charge in [-0.1, -0.05) is 37.6 Å². The molecule has 0 aliphatic heterocycles. The van der Waals surface area contributed by atoms with E-state index in [1.807, 2.05) is 38.1 Å². The summed E-state index contributed by atoms with van der Waals surface area (Å²) >= 11 is 7.46. The number of amides is 1. The number of thioether (sulfide) groups is 1. The smallest absolute Gasteiger partial charge is 0.230 e. The largest absolute Gasteiger partial charge is 0.396 e. The minimum Gasteiger partial charge on any atom is -0.396 e. The molecule has 0 saturated heterocycles. The third kappa shape index (κ3) is 5.00. The second-order valence-electron chi connectivity index (χ2n) is 4.86. The summed E-state index contributed by atoms with van der Waals surface area (Å²) in [4.78, 5) is 12.8. The molecule has 0 atom stereocenters. The molecule has 1 aromatic carbocycles. The normalized spacial score (nSPS) is 11.4. The van der Waals surface area contributed by atoms with E-state index < -0.39 is 0 Å². The zero-order valence-electron chi connectivity index (χ0n) is 12.0. The molecule has 2 N–H and O–H groups in total. The quantitative estimate of drug-likeness (QED) is 0.723. The highest BCUT2D eigenvalue weighted by Crippen LogP contribution is 2.27. The zero-order chi connectivity index (χ0) is 15.0. The van der Waals surface area contributed by atoms with Crippen LogP contribution in [0.15, 0.2) is 29.2 Å². The lowest BCUT2D eigenvalue weighted by atomic mass is 9.83. The van der Waals surface area contributed by atoms with Gasteiger partial charge in [-0.25, -0.2) is 0 Å². The highest BCUT2D eigenvalue weighted by Gasteiger charge is 2.25. The molecule has 5 heteroatoms. The number of carbonyl (C=O) groups excluding carboxylic acids is 1. The Hall–Kier alpha value is -0.710. The topological polar surface area (TPSA) is 49.3 Å². The van der Waals surface area contributed by atoms with Crippen LogP contribution < -0.4 is 5.32 Å². The van der Waals surface area contributed by atoms with Crippen LogP contribution in [-0.4, -0.2) is 29.9 Å². The Morgan fingerprint density at radius 2 is 2.00 bits per heavy atom. The molecule has 0 aliphatic rings. The number of hydrogen-bond acceptors (Lipinski definition) is 3. The van der Waals surface area contributed by atoms with Crippen LogP contribution in [0.25, 0.3) is 0 Å². The summed E-state index contributed by atoms with van der Waals surface area (Å²) in [5.74, 6) is 0.299. The van der Waals surface area contributed by atoms with Gasteiger partial charge >= 0.3 is 0 Å². The van der Waals surface area contributed by atoms with Gasteiger partial charge in [0.25, 0.3) is 0 Å². The van der Waals surface area contributed by atoms with E-state index in [4.69, 9.17) is 11.6 Å². The average Bonchev–Trinajstić information content (AvgIpc) is 2.48. The van der Waals surface area contributed by atoms with Gasteiger partial charge in [-0.2, -0.15) is 0 Å². The number of hydrogen-bond donors (Lipinski definition) is 2. The van der Waals surface area contributed by atoms with Gasteiger partial charge in [0.15, 0.2) is 0 Å². The first-order chi connectivity index (χ1) is 9.56. The van der Waals surface area contributed by atoms with Crippen LogP contribution >= 0.6 is 23.4 Å². The number of carbonyl (C=O) groups is 1. The van der Waals surface area contributed by atoms with E-state index >= 15 is 0 Å². The lowest BCUT2D eigenvalue weighted by Gasteiger charge is -2.29. The van der Waals surface area contributed by atoms with E-state index in [1.165, 1.54) is 11.8 Å². The van der Waals surface area contributed by atoms with Gasteiger partial charge in [0.05, 0.1) is 17.4 Å². The first-order valence-corrected chi connectivity index (χ1v) is 8.18. The summed E-state index contributed by atoms with van der Waals surface area (Å²) in [6.45, 7) is 4.67. The van der Waals surface area contributed by atoms with Gasteiger partial charge < -0.3 is 10.4 Å². The Morgan fingerprint density at radius 3 is 2.55 bits per heavy atom. The van der Waals surface area contributed by atoms with Gasteiger partial charge in [-0.3, -0.25) is 4.79 Å². The van der Waals surface area contributed by atoms with E-state index in [2.05, 4.69) is 5.32 Å². The molecule has 0 fully saturated rings. The zero-order valence-corrected chi connectivity index (χ0v) is 13.6. The Balaban J connectivity index is 2.43. The first-order valence-electron chi connectivity index (χ1n) is 6.82. The van der Waals surface area contributed by atoms with Crippen molar-refractivity contribution in [2.24, 2.45) is 5.41 Å². The molecular weight excluding hydrogens is 294 g/mol. The molecule has 0 unspecified atom stereocenters. The fourth-order valence-electron chi connectivity index (χ4n) is 1.82. The van der Waals surface area contributed by atoms with Crippen LogP contribution in [0, 0.1) is 5.41 Å². The molecule has 0 aliphatic carbocycles. The first kappa shape index (κ1) is 17.3. The van der Waals surface area contributed by atoms with Gasteiger partial charge in [-0.15, -0.1) is 11.8 Å². The van der Waals surface area contributed by atoms with Crippen molar-refractivity contribution < 1.29 is 9.90 Å². The lowest BCUT2D eigenvalue weighted by Crippen LogP contribution is -2.40. The second-order valence-corrected chi connectivity index (χ2v) is 6.29. The fraction of sp³-hybridized carbons (Fsp3) is 0.533. The molecule has 0 saturated carbocycles. The predicted octanol–water partition coefficient (Wildman–Crippen LogP) is 3.35. The molecular formula is C15H22ClNO2S. The van der Waals surface area contributed by atoms with Crippen LogP contribution in [0.1, 0.15) is 26.7 Å². The Morgan fingerprint density at radius 1 is 1.35 bits per heavy atom. The van der Waals surface area contributed by atoms with E-state index in [0.717, 1.165) is 17.7 Å². The van der Waals surface area contributed by atoms with Crippen LogP contribution in [0.4, 0.5) is 0 Å².